The summed E-state index contributed by atoms with van der Waals surface area (Å²) in [5.74, 6) is -0.607. The summed E-state index contributed by atoms with van der Waals surface area (Å²) in [6, 6.07) is 4.56. The third-order valence-electron chi connectivity index (χ3n) is 4.14. The van der Waals surface area contributed by atoms with Crippen LogP contribution in [0.4, 0.5) is 5.13 Å². The van der Waals surface area contributed by atoms with Crippen molar-refractivity contribution in [1.82, 2.24) is 14.8 Å². The molecular formula is C17H16Cl2N4O3S. The van der Waals surface area contributed by atoms with Gasteiger partial charge >= 0.3 is 0 Å². The highest BCUT2D eigenvalue weighted by atomic mass is 35.5. The van der Waals surface area contributed by atoms with Crippen molar-refractivity contribution in [2.24, 2.45) is 0 Å². The number of aromatic nitrogens is 1. The number of carbonyl (C=O) groups is 3. The molecule has 1 aromatic heterocycles. The lowest BCUT2D eigenvalue weighted by Gasteiger charge is -2.33. The minimum Gasteiger partial charge on any atom is -0.339 e. The van der Waals surface area contributed by atoms with Crippen LogP contribution < -0.4 is 5.32 Å². The van der Waals surface area contributed by atoms with Crippen LogP contribution in [-0.2, 0) is 4.79 Å². The molecule has 1 aromatic carbocycles. The number of hydrogen-bond donors (Lipinski definition) is 1. The van der Waals surface area contributed by atoms with Gasteiger partial charge in [0.15, 0.2) is 5.13 Å². The normalized spacial score (nSPS) is 14.2. The van der Waals surface area contributed by atoms with E-state index in [1.165, 1.54) is 19.1 Å². The molecule has 1 aliphatic rings. The third kappa shape index (κ3) is 4.58. The van der Waals surface area contributed by atoms with Gasteiger partial charge in [-0.05, 0) is 18.2 Å². The third-order valence-corrected chi connectivity index (χ3v) is 5.63. The Hall–Kier alpha value is -2.16. The Balaban J connectivity index is 1.62. The molecule has 0 atom stereocenters. The van der Waals surface area contributed by atoms with Crippen molar-refractivity contribution in [3.05, 3.63) is 44.9 Å². The second-order valence-electron chi connectivity index (χ2n) is 5.92. The molecule has 142 valence electrons. The predicted molar refractivity (Wildman–Crippen MR) is 105 cm³/mol. The molecule has 1 N–H and O–H groups in total. The summed E-state index contributed by atoms with van der Waals surface area (Å²) in [5.41, 5.74) is 0.605. The fourth-order valence-corrected chi connectivity index (χ4v) is 3.60. The summed E-state index contributed by atoms with van der Waals surface area (Å²) in [7, 11) is 0. The second kappa shape index (κ2) is 8.24. The zero-order chi connectivity index (χ0) is 19.6. The van der Waals surface area contributed by atoms with Crippen LogP contribution in [0.2, 0.25) is 10.0 Å². The Morgan fingerprint density at radius 1 is 1.07 bits per heavy atom. The molecule has 1 aliphatic heterocycles. The molecule has 1 saturated heterocycles. The maximum Gasteiger partial charge on any atom is 0.273 e. The Kier molecular flexibility index (Phi) is 5.98. The minimum absolute atomic E-state index is 0.00283. The van der Waals surface area contributed by atoms with Gasteiger partial charge in [-0.2, -0.15) is 0 Å². The van der Waals surface area contributed by atoms with E-state index >= 15 is 0 Å². The van der Waals surface area contributed by atoms with Gasteiger partial charge in [0.25, 0.3) is 11.8 Å². The maximum absolute atomic E-state index is 12.5. The van der Waals surface area contributed by atoms with E-state index in [1.54, 1.807) is 21.2 Å². The smallest absolute Gasteiger partial charge is 0.273 e. The van der Waals surface area contributed by atoms with Gasteiger partial charge in [-0.25, -0.2) is 4.98 Å². The SMILES string of the molecule is CC(=O)N1CCN(C(=O)c2csc(NC(=O)c3ccc(Cl)c(Cl)c3)n2)CC1. The van der Waals surface area contributed by atoms with Crippen LogP contribution in [0.3, 0.4) is 0 Å². The summed E-state index contributed by atoms with van der Waals surface area (Å²) >= 11 is 12.9. The van der Waals surface area contributed by atoms with Crippen LogP contribution in [0.5, 0.6) is 0 Å². The minimum atomic E-state index is -0.392. The average Bonchev–Trinajstić information content (AvgIpc) is 3.11. The van der Waals surface area contributed by atoms with Crippen LogP contribution in [0.25, 0.3) is 0 Å². The van der Waals surface area contributed by atoms with E-state index in [0.717, 1.165) is 11.3 Å². The number of nitrogens with zero attached hydrogens (tertiary/aromatic N) is 3. The van der Waals surface area contributed by atoms with E-state index in [2.05, 4.69) is 10.3 Å². The lowest BCUT2D eigenvalue weighted by atomic mass is 10.2. The molecule has 1 fully saturated rings. The first kappa shape index (κ1) is 19.6. The zero-order valence-corrected chi connectivity index (χ0v) is 16.7. The van der Waals surface area contributed by atoms with Crippen LogP contribution in [0, 0.1) is 0 Å². The first-order valence-corrected chi connectivity index (χ1v) is 9.75. The number of halogens is 2. The monoisotopic (exact) mass is 426 g/mol. The van der Waals surface area contributed by atoms with Gasteiger partial charge < -0.3 is 9.80 Å². The first-order valence-electron chi connectivity index (χ1n) is 8.12. The molecule has 10 heteroatoms. The summed E-state index contributed by atoms with van der Waals surface area (Å²) in [6.45, 7) is 3.45. The Morgan fingerprint density at radius 2 is 1.74 bits per heavy atom. The lowest BCUT2D eigenvalue weighted by Crippen LogP contribution is -2.50. The molecular weight excluding hydrogens is 411 g/mol. The number of amides is 3. The summed E-state index contributed by atoms with van der Waals surface area (Å²) in [6.07, 6.45) is 0. The molecule has 0 bridgehead atoms. The first-order chi connectivity index (χ1) is 12.8. The molecule has 7 nitrogen and oxygen atoms in total. The van der Waals surface area contributed by atoms with Crippen molar-refractivity contribution < 1.29 is 14.4 Å². The summed E-state index contributed by atoms with van der Waals surface area (Å²) in [4.78, 5) is 43.7. The molecule has 27 heavy (non-hydrogen) atoms. The number of rotatable bonds is 3. The van der Waals surface area contributed by atoms with E-state index in [0.29, 0.717) is 41.9 Å². The van der Waals surface area contributed by atoms with E-state index in [9.17, 15) is 14.4 Å². The van der Waals surface area contributed by atoms with Gasteiger partial charge in [-0.3, -0.25) is 19.7 Å². The van der Waals surface area contributed by atoms with E-state index in [-0.39, 0.29) is 22.5 Å². The predicted octanol–water partition coefficient (Wildman–Crippen LogP) is 3.01. The number of anilines is 1. The number of piperazine rings is 1. The average molecular weight is 427 g/mol. The number of benzene rings is 1. The molecule has 0 aliphatic carbocycles. The molecule has 0 unspecified atom stereocenters. The molecule has 0 spiro atoms. The van der Waals surface area contributed by atoms with Gasteiger partial charge in [-0.15, -0.1) is 11.3 Å². The maximum atomic E-state index is 12.5. The van der Waals surface area contributed by atoms with Crippen molar-refractivity contribution in [2.45, 2.75) is 6.92 Å². The molecule has 0 radical (unpaired) electrons. The van der Waals surface area contributed by atoms with Crippen molar-refractivity contribution in [3.63, 3.8) is 0 Å². The fraction of sp³-hybridized carbons (Fsp3) is 0.294. The lowest BCUT2D eigenvalue weighted by molar-refractivity contribution is -0.130. The number of nitrogens with one attached hydrogen (secondary N) is 1. The fourth-order valence-electron chi connectivity index (χ4n) is 2.62. The van der Waals surface area contributed by atoms with Crippen LogP contribution in [0.15, 0.2) is 23.6 Å². The van der Waals surface area contributed by atoms with E-state index in [4.69, 9.17) is 23.2 Å². The van der Waals surface area contributed by atoms with Crippen LogP contribution in [-0.4, -0.2) is 58.7 Å². The standard InChI is InChI=1S/C17H16Cl2N4O3S/c1-10(24)22-4-6-23(7-5-22)16(26)14-9-27-17(20-14)21-15(25)11-2-3-12(18)13(19)8-11/h2-3,8-9H,4-7H2,1H3,(H,20,21,25). The van der Waals surface area contributed by atoms with Crippen molar-refractivity contribution in [1.29, 1.82) is 0 Å². The largest absolute Gasteiger partial charge is 0.339 e. The van der Waals surface area contributed by atoms with Gasteiger partial charge in [0, 0.05) is 44.0 Å². The highest BCUT2D eigenvalue weighted by Crippen LogP contribution is 2.24. The van der Waals surface area contributed by atoms with Gasteiger partial charge in [0.1, 0.15) is 5.69 Å². The molecule has 2 heterocycles. The molecule has 3 rings (SSSR count). The van der Waals surface area contributed by atoms with Crippen molar-refractivity contribution >= 4 is 57.4 Å². The van der Waals surface area contributed by atoms with Gasteiger partial charge in [0.2, 0.25) is 5.91 Å². The zero-order valence-electron chi connectivity index (χ0n) is 14.4. The highest BCUT2D eigenvalue weighted by Gasteiger charge is 2.25. The van der Waals surface area contributed by atoms with Crippen LogP contribution in [0.1, 0.15) is 27.8 Å². The van der Waals surface area contributed by atoms with Gasteiger partial charge in [-0.1, -0.05) is 23.2 Å². The molecule has 2 aromatic rings. The van der Waals surface area contributed by atoms with Crippen molar-refractivity contribution in [3.8, 4) is 0 Å². The molecule has 3 amide bonds. The number of thiazole rings is 1. The van der Waals surface area contributed by atoms with Crippen molar-refractivity contribution in [2.75, 3.05) is 31.5 Å². The summed E-state index contributed by atoms with van der Waals surface area (Å²) in [5, 5.41) is 5.21. The quantitative estimate of drug-likeness (QED) is 0.817. The number of hydrogen-bond acceptors (Lipinski definition) is 5. The Labute approximate surface area is 169 Å². The highest BCUT2D eigenvalue weighted by molar-refractivity contribution is 7.14. The van der Waals surface area contributed by atoms with Crippen LogP contribution >= 0.6 is 34.5 Å². The Morgan fingerprint density at radius 3 is 2.37 bits per heavy atom. The van der Waals surface area contributed by atoms with E-state index < -0.39 is 5.91 Å². The Bertz CT molecular complexity index is 894. The second-order valence-corrected chi connectivity index (χ2v) is 7.59. The van der Waals surface area contributed by atoms with E-state index in [1.807, 2.05) is 0 Å². The number of carbonyl (C=O) groups excluding carboxylic acids is 3. The topological polar surface area (TPSA) is 82.6 Å². The van der Waals surface area contributed by atoms with Gasteiger partial charge in [0.05, 0.1) is 10.0 Å². The summed E-state index contributed by atoms with van der Waals surface area (Å²) < 4.78 is 0. The molecule has 0 saturated carbocycles.